The number of piperazine rings is 1. The molecule has 1 N–H and O–H groups in total. The summed E-state index contributed by atoms with van der Waals surface area (Å²) in [5, 5.41) is 3.01. The van der Waals surface area contributed by atoms with E-state index in [4.69, 9.17) is 0 Å². The number of hydrogen-bond acceptors (Lipinski definition) is 4. The highest BCUT2D eigenvalue weighted by molar-refractivity contribution is 9.11. The predicted octanol–water partition coefficient (Wildman–Crippen LogP) is 3.47. The predicted molar refractivity (Wildman–Crippen MR) is 109 cm³/mol. The van der Waals surface area contributed by atoms with Crippen molar-refractivity contribution < 1.29 is 9.59 Å². The average molecular weight is 436 g/mol. The molecular formula is C19H22BrN3O2S. The molecule has 0 radical (unpaired) electrons. The van der Waals surface area contributed by atoms with Crippen molar-refractivity contribution in [2.45, 2.75) is 13.3 Å². The topological polar surface area (TPSA) is 52.7 Å². The van der Waals surface area contributed by atoms with E-state index < -0.39 is 0 Å². The Balaban J connectivity index is 1.49. The molecule has 26 heavy (non-hydrogen) atoms. The Hall–Kier alpha value is -1.70. The van der Waals surface area contributed by atoms with Crippen LogP contribution in [0.5, 0.6) is 0 Å². The van der Waals surface area contributed by atoms with Gasteiger partial charge in [-0.25, -0.2) is 0 Å². The minimum atomic E-state index is -0.00661. The van der Waals surface area contributed by atoms with Crippen LogP contribution in [-0.4, -0.2) is 54.3 Å². The van der Waals surface area contributed by atoms with Gasteiger partial charge in [-0.3, -0.25) is 14.5 Å². The van der Waals surface area contributed by atoms with Crippen LogP contribution in [0.1, 0.15) is 22.2 Å². The maximum atomic E-state index is 12.5. The van der Waals surface area contributed by atoms with Crippen LogP contribution in [0.15, 0.2) is 40.2 Å². The second-order valence-corrected chi connectivity index (χ2v) is 8.69. The van der Waals surface area contributed by atoms with Gasteiger partial charge in [-0.1, -0.05) is 25.1 Å². The first-order valence-corrected chi connectivity index (χ1v) is 10.3. The summed E-state index contributed by atoms with van der Waals surface area (Å²) >= 11 is 4.85. The molecule has 2 heterocycles. The number of carbonyl (C=O) groups is 2. The number of hydrogen-bond donors (Lipinski definition) is 1. The summed E-state index contributed by atoms with van der Waals surface area (Å²) < 4.78 is 0.962. The third kappa shape index (κ3) is 4.72. The number of para-hydroxylation sites is 1. The number of aryl methyl sites for hydroxylation is 1. The second-order valence-electron chi connectivity index (χ2n) is 6.23. The van der Waals surface area contributed by atoms with Crippen LogP contribution in [0.3, 0.4) is 0 Å². The van der Waals surface area contributed by atoms with Crippen molar-refractivity contribution in [1.82, 2.24) is 9.80 Å². The van der Waals surface area contributed by atoms with E-state index in [0.717, 1.165) is 26.3 Å². The van der Waals surface area contributed by atoms with Gasteiger partial charge in [-0.15, -0.1) is 11.3 Å². The second kappa shape index (κ2) is 8.79. The molecule has 0 saturated carbocycles. The van der Waals surface area contributed by atoms with Crippen molar-refractivity contribution in [2.75, 3.05) is 38.0 Å². The van der Waals surface area contributed by atoms with Crippen molar-refractivity contribution in [2.24, 2.45) is 0 Å². The summed E-state index contributed by atoms with van der Waals surface area (Å²) in [5.74, 6) is 0.0644. The van der Waals surface area contributed by atoms with Gasteiger partial charge in [-0.05, 0) is 46.1 Å². The first-order chi connectivity index (χ1) is 12.6. The fourth-order valence-corrected chi connectivity index (χ4v) is 4.39. The van der Waals surface area contributed by atoms with Crippen LogP contribution >= 0.6 is 27.3 Å². The van der Waals surface area contributed by atoms with Crippen LogP contribution in [0.4, 0.5) is 5.69 Å². The van der Waals surface area contributed by atoms with E-state index in [2.05, 4.69) is 33.1 Å². The number of amides is 2. The molecule has 2 amide bonds. The largest absolute Gasteiger partial charge is 0.335 e. The van der Waals surface area contributed by atoms with Crippen molar-refractivity contribution >= 4 is 44.8 Å². The summed E-state index contributed by atoms with van der Waals surface area (Å²) in [6.45, 7) is 5.14. The Morgan fingerprint density at radius 2 is 1.85 bits per heavy atom. The molecule has 0 unspecified atom stereocenters. The van der Waals surface area contributed by atoms with E-state index in [1.807, 2.05) is 41.3 Å². The molecule has 0 atom stereocenters. The molecule has 1 aromatic heterocycles. The molecule has 0 aliphatic carbocycles. The van der Waals surface area contributed by atoms with Crippen LogP contribution in [0.25, 0.3) is 0 Å². The Bertz CT molecular complexity index is 785. The van der Waals surface area contributed by atoms with Gasteiger partial charge in [0.2, 0.25) is 5.91 Å². The Labute approximate surface area is 166 Å². The molecule has 0 spiro atoms. The molecule has 0 bridgehead atoms. The highest BCUT2D eigenvalue weighted by atomic mass is 79.9. The van der Waals surface area contributed by atoms with Crippen molar-refractivity contribution in [3.05, 3.63) is 50.6 Å². The van der Waals surface area contributed by atoms with Crippen LogP contribution < -0.4 is 5.32 Å². The third-order valence-corrected chi connectivity index (χ3v) is 6.09. The molecule has 2 aromatic rings. The summed E-state index contributed by atoms with van der Waals surface area (Å²) in [6.07, 6.45) is 0.885. The average Bonchev–Trinajstić information content (AvgIpc) is 3.08. The Morgan fingerprint density at radius 1 is 1.12 bits per heavy atom. The molecule has 1 aromatic carbocycles. The standard InChI is InChI=1S/C19H22BrN3O2S/c1-2-14-5-3-4-6-15(14)21-18(24)13-22-9-11-23(12-10-22)19(25)16-7-8-17(20)26-16/h3-8H,2,9-13H2,1H3,(H,21,24). The van der Waals surface area contributed by atoms with E-state index in [9.17, 15) is 9.59 Å². The fraction of sp³-hybridized carbons (Fsp3) is 0.368. The lowest BCUT2D eigenvalue weighted by Gasteiger charge is -2.34. The zero-order valence-electron chi connectivity index (χ0n) is 14.7. The van der Waals surface area contributed by atoms with Gasteiger partial charge in [0.1, 0.15) is 0 Å². The maximum Gasteiger partial charge on any atom is 0.264 e. The first kappa shape index (κ1) is 19.1. The number of anilines is 1. The SMILES string of the molecule is CCc1ccccc1NC(=O)CN1CCN(C(=O)c2ccc(Br)s2)CC1. The molecule has 3 rings (SSSR count). The number of halogens is 1. The highest BCUT2D eigenvalue weighted by Gasteiger charge is 2.24. The van der Waals surface area contributed by atoms with Crippen molar-refractivity contribution in [1.29, 1.82) is 0 Å². The lowest BCUT2D eigenvalue weighted by Crippen LogP contribution is -2.50. The molecule has 1 saturated heterocycles. The van der Waals surface area contributed by atoms with E-state index in [-0.39, 0.29) is 11.8 Å². The molecule has 138 valence electrons. The molecular weight excluding hydrogens is 414 g/mol. The number of carbonyl (C=O) groups excluding carboxylic acids is 2. The van der Waals surface area contributed by atoms with E-state index in [1.165, 1.54) is 11.3 Å². The highest BCUT2D eigenvalue weighted by Crippen LogP contribution is 2.23. The minimum absolute atomic E-state index is 0.00661. The zero-order valence-corrected chi connectivity index (χ0v) is 17.1. The van der Waals surface area contributed by atoms with Gasteiger partial charge < -0.3 is 10.2 Å². The van der Waals surface area contributed by atoms with Crippen molar-refractivity contribution in [3.8, 4) is 0 Å². The maximum absolute atomic E-state index is 12.5. The Kier molecular flexibility index (Phi) is 6.45. The lowest BCUT2D eigenvalue weighted by molar-refractivity contribution is -0.117. The van der Waals surface area contributed by atoms with Crippen LogP contribution in [-0.2, 0) is 11.2 Å². The van der Waals surface area contributed by atoms with Gasteiger partial charge in [0.15, 0.2) is 0 Å². The molecule has 1 fully saturated rings. The van der Waals surface area contributed by atoms with Crippen LogP contribution in [0.2, 0.25) is 0 Å². The van der Waals surface area contributed by atoms with Gasteiger partial charge in [0, 0.05) is 31.9 Å². The monoisotopic (exact) mass is 435 g/mol. The molecule has 5 nitrogen and oxygen atoms in total. The van der Waals surface area contributed by atoms with Gasteiger partial charge >= 0.3 is 0 Å². The van der Waals surface area contributed by atoms with E-state index >= 15 is 0 Å². The minimum Gasteiger partial charge on any atom is -0.335 e. The number of thiophene rings is 1. The van der Waals surface area contributed by atoms with Gasteiger partial charge in [0.25, 0.3) is 5.91 Å². The third-order valence-electron chi connectivity index (χ3n) is 4.48. The normalized spacial score (nSPS) is 15.1. The lowest BCUT2D eigenvalue weighted by atomic mass is 10.1. The summed E-state index contributed by atoms with van der Waals surface area (Å²) in [5.41, 5.74) is 2.02. The van der Waals surface area contributed by atoms with E-state index in [1.54, 1.807) is 0 Å². The Morgan fingerprint density at radius 3 is 2.50 bits per heavy atom. The number of benzene rings is 1. The summed E-state index contributed by atoms with van der Waals surface area (Å²) in [6, 6.07) is 11.6. The smallest absolute Gasteiger partial charge is 0.264 e. The summed E-state index contributed by atoms with van der Waals surface area (Å²) in [7, 11) is 0. The fourth-order valence-electron chi connectivity index (χ4n) is 3.04. The number of rotatable bonds is 5. The van der Waals surface area contributed by atoms with Crippen LogP contribution in [0, 0.1) is 0 Å². The number of nitrogens with one attached hydrogen (secondary N) is 1. The molecule has 7 heteroatoms. The van der Waals surface area contributed by atoms with E-state index in [0.29, 0.717) is 32.7 Å². The summed E-state index contributed by atoms with van der Waals surface area (Å²) in [4.78, 5) is 29.5. The molecule has 1 aliphatic heterocycles. The first-order valence-electron chi connectivity index (χ1n) is 8.71. The van der Waals surface area contributed by atoms with Crippen molar-refractivity contribution in [3.63, 3.8) is 0 Å². The van der Waals surface area contributed by atoms with Gasteiger partial charge in [-0.2, -0.15) is 0 Å². The number of nitrogens with zero attached hydrogens (tertiary/aromatic N) is 2. The quantitative estimate of drug-likeness (QED) is 0.781. The zero-order chi connectivity index (χ0) is 18.5. The molecule has 1 aliphatic rings. The van der Waals surface area contributed by atoms with Gasteiger partial charge in [0.05, 0.1) is 15.2 Å².